The maximum absolute atomic E-state index is 13.6. The summed E-state index contributed by atoms with van der Waals surface area (Å²) in [7, 11) is 0. The second-order valence-electron chi connectivity index (χ2n) is 8.85. The number of aromatic hydroxyl groups is 3. The van der Waals surface area contributed by atoms with Gasteiger partial charge in [-0.15, -0.1) is 0 Å². The summed E-state index contributed by atoms with van der Waals surface area (Å²) in [6.07, 6.45) is -6.04. The number of fused-ring (bicyclic) bond motifs is 1. The Labute approximate surface area is 210 Å². The van der Waals surface area contributed by atoms with Crippen molar-refractivity contribution >= 4 is 22.9 Å². The fourth-order valence-electron chi connectivity index (χ4n) is 4.51. The van der Waals surface area contributed by atoms with Gasteiger partial charge in [0.2, 0.25) is 0 Å². The largest absolute Gasteiger partial charge is 0.508 e. The molecule has 1 fully saturated rings. The number of aliphatic hydroxyl groups excluding tert-OH is 1. The molecule has 4 rings (SSSR count). The van der Waals surface area contributed by atoms with Crippen LogP contribution in [0.1, 0.15) is 26.3 Å². The highest BCUT2D eigenvalue weighted by atomic mass is 16.6. The first-order valence-corrected chi connectivity index (χ1v) is 11.4. The molecule has 2 unspecified atom stereocenters. The smallest absolute Gasteiger partial charge is 0.303 e. The van der Waals surface area contributed by atoms with Crippen LogP contribution in [0.3, 0.4) is 0 Å². The molecule has 0 saturated carbocycles. The van der Waals surface area contributed by atoms with Crippen molar-refractivity contribution in [2.24, 2.45) is 0 Å². The minimum atomic E-state index is -1.50. The minimum absolute atomic E-state index is 0.0166. The molecule has 1 aliphatic heterocycles. The Kier molecular flexibility index (Phi) is 7.10. The number of carbonyl (C=O) groups is 2. The third-order valence-electron chi connectivity index (χ3n) is 6.09. The molecular formula is C26H26O11. The predicted octanol–water partition coefficient (Wildman–Crippen LogP) is 2.13. The number of phenols is 3. The van der Waals surface area contributed by atoms with Crippen LogP contribution in [0.2, 0.25) is 0 Å². The normalized spacial score (nSPS) is 23.5. The van der Waals surface area contributed by atoms with Crippen molar-refractivity contribution in [3.05, 3.63) is 52.2 Å². The Morgan fingerprint density at radius 1 is 0.946 bits per heavy atom. The van der Waals surface area contributed by atoms with Gasteiger partial charge in [0.1, 0.15) is 40.1 Å². The van der Waals surface area contributed by atoms with E-state index < -0.39 is 53.6 Å². The van der Waals surface area contributed by atoms with Gasteiger partial charge in [-0.1, -0.05) is 0 Å². The highest BCUT2D eigenvalue weighted by Crippen LogP contribution is 2.35. The van der Waals surface area contributed by atoms with E-state index in [0.717, 1.165) is 13.0 Å². The molecule has 11 heteroatoms. The summed E-state index contributed by atoms with van der Waals surface area (Å²) in [5.41, 5.74) is -0.317. The van der Waals surface area contributed by atoms with Crippen LogP contribution >= 0.6 is 0 Å². The number of esters is 2. The zero-order chi connectivity index (χ0) is 27.0. The maximum atomic E-state index is 13.6. The van der Waals surface area contributed by atoms with Crippen LogP contribution in [-0.4, -0.2) is 62.9 Å². The average Bonchev–Trinajstić information content (AvgIpc) is 2.80. The van der Waals surface area contributed by atoms with E-state index in [-0.39, 0.29) is 40.2 Å². The molecule has 0 bridgehead atoms. The molecule has 196 valence electrons. The molecule has 1 aliphatic rings. The molecule has 0 amide bonds. The van der Waals surface area contributed by atoms with Gasteiger partial charge in [-0.25, -0.2) is 0 Å². The van der Waals surface area contributed by atoms with E-state index in [9.17, 15) is 34.8 Å². The Morgan fingerprint density at radius 3 is 2.19 bits per heavy atom. The summed E-state index contributed by atoms with van der Waals surface area (Å²) in [6, 6.07) is 7.96. The minimum Gasteiger partial charge on any atom is -0.508 e. The van der Waals surface area contributed by atoms with Crippen LogP contribution in [0.15, 0.2) is 45.6 Å². The van der Waals surface area contributed by atoms with Crippen LogP contribution in [0, 0.1) is 0 Å². The number of aliphatic hydroxyl groups is 1. The number of hydrogen-bond donors (Lipinski definition) is 4. The third-order valence-corrected chi connectivity index (χ3v) is 6.09. The number of hydrogen-bond acceptors (Lipinski definition) is 11. The Balaban J connectivity index is 1.83. The molecule has 0 aliphatic carbocycles. The van der Waals surface area contributed by atoms with Gasteiger partial charge in [0.05, 0.1) is 12.2 Å². The topological polar surface area (TPSA) is 173 Å². The highest BCUT2D eigenvalue weighted by molar-refractivity contribution is 5.87. The van der Waals surface area contributed by atoms with E-state index in [2.05, 4.69) is 0 Å². The van der Waals surface area contributed by atoms with Gasteiger partial charge in [0, 0.05) is 43.5 Å². The standard InChI is InChI=1S/C26H26O11/c1-11-24(35-12(2)27)26(36-13(3)28)23(33)20(34-11)10-17-22(32)21-18(31)8-16(30)9-19(21)37-25(17)14-4-6-15(29)7-5-14/h4-9,11,20,23-24,26,29-31,33H,10H2,1-3H3/t11-,20?,23-,24?,26-/m0/s1. The lowest BCUT2D eigenvalue weighted by atomic mass is 9.90. The molecule has 5 atom stereocenters. The van der Waals surface area contributed by atoms with Crippen molar-refractivity contribution in [1.82, 2.24) is 0 Å². The first-order chi connectivity index (χ1) is 17.5. The van der Waals surface area contributed by atoms with Gasteiger partial charge in [-0.3, -0.25) is 14.4 Å². The lowest BCUT2D eigenvalue weighted by Crippen LogP contribution is -2.60. The Bertz CT molecular complexity index is 1390. The molecule has 2 aromatic carbocycles. The van der Waals surface area contributed by atoms with Crippen LogP contribution in [0.5, 0.6) is 17.2 Å². The molecule has 0 radical (unpaired) electrons. The number of benzene rings is 2. The van der Waals surface area contributed by atoms with Crippen molar-refractivity contribution < 1.29 is 48.6 Å². The Morgan fingerprint density at radius 2 is 1.57 bits per heavy atom. The number of carbonyl (C=O) groups excluding carboxylic acids is 2. The molecule has 1 aromatic heterocycles. The molecule has 3 aromatic rings. The van der Waals surface area contributed by atoms with Crippen molar-refractivity contribution in [2.75, 3.05) is 0 Å². The summed E-state index contributed by atoms with van der Waals surface area (Å²) in [5.74, 6) is -2.17. The maximum Gasteiger partial charge on any atom is 0.303 e. The van der Waals surface area contributed by atoms with Crippen LogP contribution < -0.4 is 5.43 Å². The summed E-state index contributed by atoms with van der Waals surface area (Å²) in [5, 5.41) is 40.9. The highest BCUT2D eigenvalue weighted by Gasteiger charge is 2.48. The summed E-state index contributed by atoms with van der Waals surface area (Å²) in [4.78, 5) is 37.0. The first kappa shape index (κ1) is 26.0. The van der Waals surface area contributed by atoms with E-state index in [4.69, 9.17) is 18.6 Å². The van der Waals surface area contributed by atoms with E-state index in [0.29, 0.717) is 5.56 Å². The van der Waals surface area contributed by atoms with Crippen LogP contribution in [-0.2, 0) is 30.2 Å². The summed E-state index contributed by atoms with van der Waals surface area (Å²) >= 11 is 0. The van der Waals surface area contributed by atoms with E-state index in [1.54, 1.807) is 6.92 Å². The number of phenolic OH excluding ortho intramolecular Hbond substituents is 3. The average molecular weight is 514 g/mol. The molecule has 37 heavy (non-hydrogen) atoms. The molecular weight excluding hydrogens is 488 g/mol. The molecule has 2 heterocycles. The van der Waals surface area contributed by atoms with Gasteiger partial charge in [-0.05, 0) is 31.2 Å². The van der Waals surface area contributed by atoms with Gasteiger partial charge in [0.15, 0.2) is 17.6 Å². The van der Waals surface area contributed by atoms with Crippen LogP contribution in [0.25, 0.3) is 22.3 Å². The van der Waals surface area contributed by atoms with Crippen LogP contribution in [0.4, 0.5) is 0 Å². The first-order valence-electron chi connectivity index (χ1n) is 11.4. The van der Waals surface area contributed by atoms with E-state index >= 15 is 0 Å². The van der Waals surface area contributed by atoms with Gasteiger partial charge >= 0.3 is 11.9 Å². The van der Waals surface area contributed by atoms with Gasteiger partial charge < -0.3 is 39.1 Å². The van der Waals surface area contributed by atoms with Crippen molar-refractivity contribution in [3.63, 3.8) is 0 Å². The monoisotopic (exact) mass is 514 g/mol. The Hall–Kier alpha value is -4.09. The van der Waals surface area contributed by atoms with Crippen molar-refractivity contribution in [3.8, 4) is 28.6 Å². The predicted molar refractivity (Wildman–Crippen MR) is 128 cm³/mol. The lowest BCUT2D eigenvalue weighted by molar-refractivity contribution is -0.236. The van der Waals surface area contributed by atoms with E-state index in [1.165, 1.54) is 37.3 Å². The molecule has 0 spiro atoms. The van der Waals surface area contributed by atoms with Gasteiger partial charge in [-0.2, -0.15) is 0 Å². The molecule has 4 N–H and O–H groups in total. The van der Waals surface area contributed by atoms with E-state index in [1.807, 2.05) is 0 Å². The van der Waals surface area contributed by atoms with Crippen molar-refractivity contribution in [1.29, 1.82) is 0 Å². The summed E-state index contributed by atoms with van der Waals surface area (Å²) < 4.78 is 22.4. The summed E-state index contributed by atoms with van der Waals surface area (Å²) in [6.45, 7) is 3.89. The van der Waals surface area contributed by atoms with Gasteiger partial charge in [0.25, 0.3) is 0 Å². The lowest BCUT2D eigenvalue weighted by Gasteiger charge is -2.42. The SMILES string of the molecule is CC(=O)OC1[C@H](C)OC(Cc2c(-c3ccc(O)cc3)oc3cc(O)cc(O)c3c2=O)[C@H](O)[C@@H]1OC(C)=O. The second kappa shape index (κ2) is 10.1. The van der Waals surface area contributed by atoms with Crippen molar-refractivity contribution in [2.45, 2.75) is 57.7 Å². The quantitative estimate of drug-likeness (QED) is 0.367. The molecule has 1 saturated heterocycles. The number of rotatable bonds is 5. The zero-order valence-electron chi connectivity index (χ0n) is 20.2. The fourth-order valence-corrected chi connectivity index (χ4v) is 4.51. The third kappa shape index (κ3) is 5.23. The molecule has 11 nitrogen and oxygen atoms in total. The number of ether oxygens (including phenoxy) is 3. The second-order valence-corrected chi connectivity index (χ2v) is 8.85. The zero-order valence-corrected chi connectivity index (χ0v) is 20.2. The fraction of sp³-hybridized carbons (Fsp3) is 0.346.